The number of H-pyrrole nitrogens is 2. The maximum absolute atomic E-state index is 13.0. The lowest BCUT2D eigenvalue weighted by molar-refractivity contribution is -0.131. The van der Waals surface area contributed by atoms with E-state index in [1.54, 1.807) is 7.11 Å². The number of carbonyl (C=O) groups excluding carboxylic acids is 3. The fourth-order valence-electron chi connectivity index (χ4n) is 5.65. The van der Waals surface area contributed by atoms with Gasteiger partial charge in [-0.1, -0.05) is 18.2 Å². The molecule has 6 rings (SSSR count). The zero-order valence-electron chi connectivity index (χ0n) is 20.6. The van der Waals surface area contributed by atoms with Crippen LogP contribution in [0.1, 0.15) is 42.1 Å². The first-order valence-electron chi connectivity index (χ1n) is 12.7. The number of imide groups is 1. The van der Waals surface area contributed by atoms with Crippen molar-refractivity contribution in [2.24, 2.45) is 0 Å². The van der Waals surface area contributed by atoms with E-state index < -0.39 is 12.1 Å². The Balaban J connectivity index is 1.10. The molecule has 9 heteroatoms. The van der Waals surface area contributed by atoms with Crippen LogP contribution in [0.4, 0.5) is 4.79 Å². The molecule has 0 spiro atoms. The first-order chi connectivity index (χ1) is 18.0. The summed E-state index contributed by atoms with van der Waals surface area (Å²) >= 11 is 0. The van der Waals surface area contributed by atoms with Gasteiger partial charge in [0.2, 0.25) is 5.91 Å². The van der Waals surface area contributed by atoms with E-state index in [1.807, 2.05) is 48.7 Å². The molecule has 1 fully saturated rings. The molecule has 1 saturated heterocycles. The molecule has 2 aromatic carbocycles. The van der Waals surface area contributed by atoms with Gasteiger partial charge < -0.3 is 25.3 Å². The second kappa shape index (κ2) is 9.31. The number of urea groups is 1. The van der Waals surface area contributed by atoms with Gasteiger partial charge in [-0.15, -0.1) is 0 Å². The molecule has 0 bridgehead atoms. The van der Waals surface area contributed by atoms with Gasteiger partial charge in [0.05, 0.1) is 19.6 Å². The summed E-state index contributed by atoms with van der Waals surface area (Å²) < 4.78 is 5.38. The number of hydrogen-bond acceptors (Lipinski definition) is 4. The Morgan fingerprint density at radius 1 is 1.14 bits per heavy atom. The molecule has 0 unspecified atom stereocenters. The quantitative estimate of drug-likeness (QED) is 0.290. The smallest absolute Gasteiger partial charge is 0.324 e. The van der Waals surface area contributed by atoms with Gasteiger partial charge >= 0.3 is 6.03 Å². The van der Waals surface area contributed by atoms with Crippen LogP contribution in [0.15, 0.2) is 48.7 Å². The van der Waals surface area contributed by atoms with Gasteiger partial charge in [0, 0.05) is 40.2 Å². The van der Waals surface area contributed by atoms with E-state index >= 15 is 0 Å². The third kappa shape index (κ3) is 4.20. The molecule has 0 radical (unpaired) electrons. The molecule has 2 aromatic heterocycles. The summed E-state index contributed by atoms with van der Waals surface area (Å²) in [6.45, 7) is 0.259. The van der Waals surface area contributed by atoms with Crippen molar-refractivity contribution in [2.45, 2.75) is 44.2 Å². The lowest BCUT2D eigenvalue weighted by atomic mass is 9.91. The minimum Gasteiger partial charge on any atom is -0.497 e. The highest BCUT2D eigenvalue weighted by molar-refractivity contribution is 6.06. The highest BCUT2D eigenvalue weighted by Crippen LogP contribution is 2.36. The van der Waals surface area contributed by atoms with Crippen LogP contribution in [0.25, 0.3) is 21.8 Å². The Labute approximate surface area is 213 Å². The Morgan fingerprint density at radius 2 is 2.00 bits per heavy atom. The normalized spacial score (nSPS) is 19.3. The summed E-state index contributed by atoms with van der Waals surface area (Å²) in [7, 11) is 1.65. The molecule has 2 aliphatic rings. The Kier molecular flexibility index (Phi) is 5.82. The minimum atomic E-state index is -0.856. The molecule has 4 aromatic rings. The van der Waals surface area contributed by atoms with Gasteiger partial charge in [-0.25, -0.2) is 4.79 Å². The van der Waals surface area contributed by atoms with Crippen molar-refractivity contribution in [3.63, 3.8) is 0 Å². The fraction of sp³-hybridized carbons (Fsp3) is 0.321. The van der Waals surface area contributed by atoms with E-state index in [0.717, 1.165) is 58.1 Å². The van der Waals surface area contributed by atoms with Crippen molar-refractivity contribution in [3.05, 3.63) is 65.5 Å². The summed E-state index contributed by atoms with van der Waals surface area (Å²) in [5, 5.41) is 7.96. The molecule has 4 N–H and O–H groups in total. The Morgan fingerprint density at radius 3 is 2.86 bits per heavy atom. The van der Waals surface area contributed by atoms with Gasteiger partial charge in [-0.05, 0) is 61.1 Å². The number of nitrogens with zero attached hydrogens (tertiary/aromatic N) is 1. The van der Waals surface area contributed by atoms with Crippen LogP contribution < -0.4 is 15.4 Å². The maximum atomic E-state index is 13.0. The molecule has 3 heterocycles. The van der Waals surface area contributed by atoms with Crippen molar-refractivity contribution >= 4 is 39.7 Å². The number of aromatic amines is 2. The second-order valence-electron chi connectivity index (χ2n) is 9.75. The van der Waals surface area contributed by atoms with Crippen molar-refractivity contribution in [1.82, 2.24) is 25.5 Å². The van der Waals surface area contributed by atoms with Crippen LogP contribution in [0.3, 0.4) is 0 Å². The Bertz CT molecular complexity index is 1520. The second-order valence-corrected chi connectivity index (χ2v) is 9.75. The molecule has 0 saturated carbocycles. The van der Waals surface area contributed by atoms with Gasteiger partial charge in [0.25, 0.3) is 5.91 Å². The van der Waals surface area contributed by atoms with E-state index in [2.05, 4.69) is 20.6 Å². The Hall–Kier alpha value is -4.27. The lowest BCUT2D eigenvalue weighted by Gasteiger charge is -2.24. The number of benzene rings is 2. The monoisotopic (exact) mass is 499 g/mol. The number of methoxy groups -OCH3 is 1. The first kappa shape index (κ1) is 23.1. The summed E-state index contributed by atoms with van der Waals surface area (Å²) in [4.78, 5) is 46.4. The molecule has 37 heavy (non-hydrogen) atoms. The first-order valence-corrected chi connectivity index (χ1v) is 12.7. The minimum absolute atomic E-state index is 0.0892. The molecule has 4 amide bonds. The molecule has 1 aliphatic carbocycles. The van der Waals surface area contributed by atoms with Crippen molar-refractivity contribution in [1.29, 1.82) is 0 Å². The van der Waals surface area contributed by atoms with Crippen LogP contribution in [0.2, 0.25) is 0 Å². The predicted molar refractivity (Wildman–Crippen MR) is 139 cm³/mol. The molecule has 190 valence electrons. The fourth-order valence-corrected chi connectivity index (χ4v) is 5.65. The van der Waals surface area contributed by atoms with Crippen molar-refractivity contribution in [2.75, 3.05) is 13.7 Å². The molecule has 1 aliphatic heterocycles. The van der Waals surface area contributed by atoms with E-state index in [1.165, 1.54) is 10.5 Å². The number of aromatic nitrogens is 2. The predicted octanol–water partition coefficient (Wildman–Crippen LogP) is 3.70. The van der Waals surface area contributed by atoms with Crippen LogP contribution >= 0.6 is 0 Å². The summed E-state index contributed by atoms with van der Waals surface area (Å²) in [5.41, 5.74) is 5.27. The summed E-state index contributed by atoms with van der Waals surface area (Å²) in [6.07, 6.45) is 5.05. The third-order valence-corrected chi connectivity index (χ3v) is 7.53. The highest BCUT2D eigenvalue weighted by atomic mass is 16.5. The number of hydrogen-bond donors (Lipinski definition) is 4. The SMILES string of the molecule is COc1ccc2[nH]c3c(c2c1)CCC[C@H]3NC(=O)C[C@H]1NC(=O)N(CCc2c[nH]c3ccccc23)C1=O. The number of ether oxygens (including phenoxy) is 1. The van der Waals surface area contributed by atoms with E-state index in [-0.39, 0.29) is 30.8 Å². The van der Waals surface area contributed by atoms with Crippen LogP contribution in [0, 0.1) is 0 Å². The average Bonchev–Trinajstić information content (AvgIpc) is 3.57. The number of carbonyl (C=O) groups is 3. The molecular weight excluding hydrogens is 470 g/mol. The van der Waals surface area contributed by atoms with E-state index in [4.69, 9.17) is 4.74 Å². The van der Waals surface area contributed by atoms with Gasteiger partial charge in [-0.3, -0.25) is 14.5 Å². The van der Waals surface area contributed by atoms with Gasteiger partial charge in [-0.2, -0.15) is 0 Å². The van der Waals surface area contributed by atoms with Crippen LogP contribution in [0.5, 0.6) is 5.75 Å². The zero-order chi connectivity index (χ0) is 25.5. The molecular formula is C28H29N5O4. The third-order valence-electron chi connectivity index (χ3n) is 7.53. The average molecular weight is 500 g/mol. The summed E-state index contributed by atoms with van der Waals surface area (Å²) in [5.74, 6) is 0.179. The number of para-hydroxylation sites is 1. The van der Waals surface area contributed by atoms with E-state index in [0.29, 0.717) is 6.42 Å². The molecule has 9 nitrogen and oxygen atoms in total. The zero-order valence-corrected chi connectivity index (χ0v) is 20.6. The van der Waals surface area contributed by atoms with Crippen molar-refractivity contribution < 1.29 is 19.1 Å². The number of nitrogens with one attached hydrogen (secondary N) is 4. The van der Waals surface area contributed by atoms with E-state index in [9.17, 15) is 14.4 Å². The van der Waals surface area contributed by atoms with Gasteiger partial charge in [0.15, 0.2) is 0 Å². The van der Waals surface area contributed by atoms with Gasteiger partial charge in [0.1, 0.15) is 11.8 Å². The standard InChI is InChI=1S/C28H29N5O4/c1-37-17-9-10-22-20(13-17)19-6-4-8-23(26(19)31-22)30-25(34)14-24-27(35)33(28(36)32-24)12-11-16-15-29-21-7-3-2-5-18(16)21/h2-3,5,7,9-10,13,15,23-24,29,31H,4,6,8,11-12,14H2,1H3,(H,30,34)(H,32,36)/t23-,24-/m1/s1. The number of amides is 4. The largest absolute Gasteiger partial charge is 0.497 e. The number of rotatable bonds is 7. The van der Waals surface area contributed by atoms with Crippen LogP contribution in [-0.2, 0) is 22.4 Å². The topological polar surface area (TPSA) is 119 Å². The van der Waals surface area contributed by atoms with Crippen molar-refractivity contribution in [3.8, 4) is 5.75 Å². The number of fused-ring (bicyclic) bond motifs is 4. The maximum Gasteiger partial charge on any atom is 0.324 e. The summed E-state index contributed by atoms with van der Waals surface area (Å²) in [6, 6.07) is 12.4. The highest BCUT2D eigenvalue weighted by Gasteiger charge is 2.39. The lowest BCUT2D eigenvalue weighted by Crippen LogP contribution is -2.38. The number of aryl methyl sites for hydroxylation is 1. The molecule has 2 atom stereocenters. The van der Waals surface area contributed by atoms with Crippen LogP contribution in [-0.4, -0.2) is 52.4 Å².